The number of hydrogen-bond acceptors (Lipinski definition) is 5. The highest BCUT2D eigenvalue weighted by atomic mass is 16.5. The molecule has 0 radical (unpaired) electrons. The number of aliphatic hydroxyl groups is 1. The van der Waals surface area contributed by atoms with Crippen molar-refractivity contribution in [2.24, 2.45) is 0 Å². The number of amides is 1. The lowest BCUT2D eigenvalue weighted by Gasteiger charge is -2.10. The predicted molar refractivity (Wildman–Crippen MR) is 77.7 cm³/mol. The molecule has 0 bridgehead atoms. The SMILES string of the molecule is COc1cc(OC)cc(C(=O)Nc2ncccc2CO)c1. The number of aliphatic hydroxyl groups excluding tert-OH is 1. The number of pyridine rings is 1. The second kappa shape index (κ2) is 6.71. The van der Waals surface area contributed by atoms with Gasteiger partial charge in [-0.05, 0) is 18.2 Å². The molecule has 0 saturated carbocycles. The molecule has 0 spiro atoms. The molecule has 1 heterocycles. The number of methoxy groups -OCH3 is 2. The predicted octanol–water partition coefficient (Wildman–Crippen LogP) is 1.84. The number of aromatic nitrogens is 1. The van der Waals surface area contributed by atoms with Crippen LogP contribution in [0.15, 0.2) is 36.5 Å². The Balaban J connectivity index is 2.28. The minimum atomic E-state index is -0.361. The van der Waals surface area contributed by atoms with E-state index in [2.05, 4.69) is 10.3 Å². The maximum Gasteiger partial charge on any atom is 0.257 e. The summed E-state index contributed by atoms with van der Waals surface area (Å²) in [5, 5.41) is 11.9. The van der Waals surface area contributed by atoms with Gasteiger partial charge in [-0.1, -0.05) is 6.07 Å². The molecule has 110 valence electrons. The highest BCUT2D eigenvalue weighted by Crippen LogP contribution is 2.23. The Kier molecular flexibility index (Phi) is 4.73. The normalized spacial score (nSPS) is 10.0. The summed E-state index contributed by atoms with van der Waals surface area (Å²) >= 11 is 0. The fourth-order valence-electron chi connectivity index (χ4n) is 1.80. The zero-order valence-corrected chi connectivity index (χ0v) is 11.8. The summed E-state index contributed by atoms with van der Waals surface area (Å²) in [5.74, 6) is 0.998. The van der Waals surface area contributed by atoms with Crippen LogP contribution in [0.3, 0.4) is 0 Å². The summed E-state index contributed by atoms with van der Waals surface area (Å²) in [5.41, 5.74) is 0.918. The highest BCUT2D eigenvalue weighted by molar-refractivity contribution is 6.04. The molecule has 1 aromatic carbocycles. The van der Waals surface area contributed by atoms with Crippen LogP contribution in [0.5, 0.6) is 11.5 Å². The van der Waals surface area contributed by atoms with E-state index in [-0.39, 0.29) is 12.5 Å². The van der Waals surface area contributed by atoms with E-state index in [4.69, 9.17) is 9.47 Å². The summed E-state index contributed by atoms with van der Waals surface area (Å²) in [7, 11) is 3.03. The van der Waals surface area contributed by atoms with Gasteiger partial charge in [0.05, 0.1) is 20.8 Å². The fraction of sp³-hybridized carbons (Fsp3) is 0.200. The van der Waals surface area contributed by atoms with Crippen molar-refractivity contribution in [1.29, 1.82) is 0 Å². The average molecular weight is 288 g/mol. The molecule has 0 unspecified atom stereocenters. The van der Waals surface area contributed by atoms with Crippen LogP contribution in [0.1, 0.15) is 15.9 Å². The number of ether oxygens (including phenoxy) is 2. The van der Waals surface area contributed by atoms with E-state index in [1.807, 2.05) is 0 Å². The first-order valence-electron chi connectivity index (χ1n) is 6.27. The van der Waals surface area contributed by atoms with E-state index in [9.17, 15) is 9.90 Å². The Morgan fingerprint density at radius 1 is 1.24 bits per heavy atom. The van der Waals surface area contributed by atoms with Crippen molar-refractivity contribution in [2.75, 3.05) is 19.5 Å². The van der Waals surface area contributed by atoms with E-state index in [0.717, 1.165) is 0 Å². The first-order chi connectivity index (χ1) is 10.2. The molecule has 2 N–H and O–H groups in total. The molecule has 0 aliphatic heterocycles. The Bertz CT molecular complexity index is 621. The van der Waals surface area contributed by atoms with Gasteiger partial charge in [0, 0.05) is 23.4 Å². The average Bonchev–Trinajstić information content (AvgIpc) is 2.54. The van der Waals surface area contributed by atoms with Gasteiger partial charge in [0.25, 0.3) is 5.91 Å². The van der Waals surface area contributed by atoms with Gasteiger partial charge < -0.3 is 19.9 Å². The van der Waals surface area contributed by atoms with Gasteiger partial charge in [0.2, 0.25) is 0 Å². The maximum atomic E-state index is 12.3. The molecule has 2 aromatic rings. The fourth-order valence-corrected chi connectivity index (χ4v) is 1.80. The van der Waals surface area contributed by atoms with Gasteiger partial charge in [-0.3, -0.25) is 4.79 Å². The number of nitrogens with zero attached hydrogens (tertiary/aromatic N) is 1. The quantitative estimate of drug-likeness (QED) is 0.877. The molecule has 0 aliphatic carbocycles. The molecule has 0 aliphatic rings. The van der Waals surface area contributed by atoms with Crippen molar-refractivity contribution in [3.63, 3.8) is 0 Å². The number of rotatable bonds is 5. The Labute approximate surface area is 122 Å². The van der Waals surface area contributed by atoms with E-state index >= 15 is 0 Å². The lowest BCUT2D eigenvalue weighted by atomic mass is 10.1. The van der Waals surface area contributed by atoms with Gasteiger partial charge in [0.1, 0.15) is 17.3 Å². The third kappa shape index (κ3) is 3.49. The van der Waals surface area contributed by atoms with Crippen LogP contribution in [-0.2, 0) is 6.61 Å². The summed E-state index contributed by atoms with van der Waals surface area (Å²) in [6.45, 7) is -0.203. The van der Waals surface area contributed by atoms with Crippen molar-refractivity contribution in [1.82, 2.24) is 4.98 Å². The van der Waals surface area contributed by atoms with Crippen LogP contribution in [0, 0.1) is 0 Å². The van der Waals surface area contributed by atoms with Gasteiger partial charge in [-0.15, -0.1) is 0 Å². The number of anilines is 1. The second-order valence-electron chi connectivity index (χ2n) is 4.22. The lowest BCUT2D eigenvalue weighted by molar-refractivity contribution is 0.102. The number of carbonyl (C=O) groups is 1. The standard InChI is InChI=1S/C15H16N2O4/c1-20-12-6-11(7-13(8-12)21-2)15(19)17-14-10(9-18)4-3-5-16-14/h3-8,18H,9H2,1-2H3,(H,16,17,19). The minimum Gasteiger partial charge on any atom is -0.497 e. The number of benzene rings is 1. The molecule has 6 heteroatoms. The van der Waals surface area contributed by atoms with E-state index in [1.54, 1.807) is 36.5 Å². The summed E-state index contributed by atoms with van der Waals surface area (Å²) in [4.78, 5) is 16.3. The van der Waals surface area contributed by atoms with Crippen molar-refractivity contribution >= 4 is 11.7 Å². The van der Waals surface area contributed by atoms with Crippen molar-refractivity contribution in [3.8, 4) is 11.5 Å². The van der Waals surface area contributed by atoms with Crippen LogP contribution >= 0.6 is 0 Å². The monoisotopic (exact) mass is 288 g/mol. The first kappa shape index (κ1) is 14.8. The summed E-state index contributed by atoms with van der Waals surface area (Å²) in [6, 6.07) is 8.25. The zero-order valence-electron chi connectivity index (χ0n) is 11.8. The molecule has 6 nitrogen and oxygen atoms in total. The molecular formula is C15H16N2O4. The third-order valence-corrected chi connectivity index (χ3v) is 2.91. The number of hydrogen-bond donors (Lipinski definition) is 2. The first-order valence-corrected chi connectivity index (χ1v) is 6.27. The Hall–Kier alpha value is -2.60. The van der Waals surface area contributed by atoms with Crippen molar-refractivity contribution < 1.29 is 19.4 Å². The van der Waals surface area contributed by atoms with Gasteiger partial charge in [-0.25, -0.2) is 4.98 Å². The van der Waals surface area contributed by atoms with Crippen LogP contribution in [0.25, 0.3) is 0 Å². The molecule has 1 aromatic heterocycles. The maximum absolute atomic E-state index is 12.3. The summed E-state index contributed by atoms with van der Waals surface area (Å²) < 4.78 is 10.3. The smallest absolute Gasteiger partial charge is 0.257 e. The van der Waals surface area contributed by atoms with Crippen LogP contribution < -0.4 is 14.8 Å². The van der Waals surface area contributed by atoms with Gasteiger partial charge in [0.15, 0.2) is 0 Å². The zero-order chi connectivity index (χ0) is 15.2. The molecule has 0 fully saturated rings. The Morgan fingerprint density at radius 3 is 2.48 bits per heavy atom. The van der Waals surface area contributed by atoms with Crippen molar-refractivity contribution in [3.05, 3.63) is 47.7 Å². The van der Waals surface area contributed by atoms with E-state index < -0.39 is 0 Å². The number of carbonyl (C=O) groups excluding carboxylic acids is 1. The van der Waals surface area contributed by atoms with E-state index in [1.165, 1.54) is 14.2 Å². The minimum absolute atomic E-state index is 0.203. The molecule has 1 amide bonds. The highest BCUT2D eigenvalue weighted by Gasteiger charge is 2.12. The molecule has 0 saturated heterocycles. The van der Waals surface area contributed by atoms with Crippen LogP contribution in [0.2, 0.25) is 0 Å². The lowest BCUT2D eigenvalue weighted by Crippen LogP contribution is -2.14. The largest absolute Gasteiger partial charge is 0.497 e. The van der Waals surface area contributed by atoms with Gasteiger partial charge in [-0.2, -0.15) is 0 Å². The third-order valence-electron chi connectivity index (χ3n) is 2.91. The van der Waals surface area contributed by atoms with Crippen LogP contribution in [0.4, 0.5) is 5.82 Å². The molecular weight excluding hydrogens is 272 g/mol. The van der Waals surface area contributed by atoms with Crippen LogP contribution in [-0.4, -0.2) is 30.2 Å². The topological polar surface area (TPSA) is 80.7 Å². The van der Waals surface area contributed by atoms with Crippen molar-refractivity contribution in [2.45, 2.75) is 6.61 Å². The van der Waals surface area contributed by atoms with Gasteiger partial charge >= 0.3 is 0 Å². The Morgan fingerprint density at radius 2 is 1.90 bits per heavy atom. The molecule has 21 heavy (non-hydrogen) atoms. The molecule has 2 rings (SSSR count). The molecule has 0 atom stereocenters. The second-order valence-corrected chi connectivity index (χ2v) is 4.22. The number of nitrogens with one attached hydrogen (secondary N) is 1. The summed E-state index contributed by atoms with van der Waals surface area (Å²) in [6.07, 6.45) is 1.54. The van der Waals surface area contributed by atoms with E-state index in [0.29, 0.717) is 28.4 Å².